The van der Waals surface area contributed by atoms with Crippen LogP contribution in [0, 0.1) is 17.7 Å². The molecular weight excluding hydrogens is 558 g/mol. The van der Waals surface area contributed by atoms with Crippen LogP contribution in [-0.2, 0) is 14.8 Å². The summed E-state index contributed by atoms with van der Waals surface area (Å²) >= 11 is 0. The molecule has 13 heteroatoms. The van der Waals surface area contributed by atoms with E-state index in [1.54, 1.807) is 12.1 Å². The van der Waals surface area contributed by atoms with Gasteiger partial charge in [-0.3, -0.25) is 9.59 Å². The standard InChI is InChI=1S/C28H32F2N4O6S/c29-23-11-21(41(31,37)38)3-4-22(23)27(36)34-13-20-12-33(15-28(20,30)16-34)26(35)19-9-24(18-1-2-18)32-25(10-19)40-14-17-5-7-39-8-6-17/h3-4,9-11,17-18,20H,1-2,5-8,12-16H2,(H2,31,37,38)/t20-,28+/m0/s1. The van der Waals surface area contributed by atoms with Crippen LogP contribution < -0.4 is 9.88 Å². The Balaban J connectivity index is 1.13. The van der Waals surface area contributed by atoms with Gasteiger partial charge >= 0.3 is 0 Å². The lowest BCUT2D eigenvalue weighted by Gasteiger charge is -2.24. The number of rotatable bonds is 7. The first-order valence-corrected chi connectivity index (χ1v) is 15.4. The number of ether oxygens (including phenoxy) is 2. The molecule has 3 saturated heterocycles. The summed E-state index contributed by atoms with van der Waals surface area (Å²) in [6.45, 7) is 1.50. The van der Waals surface area contributed by atoms with E-state index in [9.17, 15) is 22.4 Å². The van der Waals surface area contributed by atoms with Gasteiger partial charge in [0.1, 0.15) is 5.82 Å². The first kappa shape index (κ1) is 28.0. The molecule has 4 fully saturated rings. The molecule has 1 saturated carbocycles. The molecule has 2 N–H and O–H groups in total. The van der Waals surface area contributed by atoms with Gasteiger partial charge in [0.25, 0.3) is 11.8 Å². The van der Waals surface area contributed by atoms with Gasteiger partial charge < -0.3 is 19.3 Å². The molecule has 41 heavy (non-hydrogen) atoms. The first-order chi connectivity index (χ1) is 19.5. The van der Waals surface area contributed by atoms with Gasteiger partial charge in [0.05, 0.1) is 30.2 Å². The van der Waals surface area contributed by atoms with Crippen LogP contribution in [0.4, 0.5) is 8.78 Å². The van der Waals surface area contributed by atoms with Crippen LogP contribution in [-0.4, -0.2) is 86.7 Å². The monoisotopic (exact) mass is 590 g/mol. The molecule has 10 nitrogen and oxygen atoms in total. The zero-order chi connectivity index (χ0) is 28.9. The Kier molecular flexibility index (Phi) is 7.23. The molecule has 3 aliphatic heterocycles. The highest BCUT2D eigenvalue weighted by atomic mass is 32.2. The van der Waals surface area contributed by atoms with Gasteiger partial charge in [0.2, 0.25) is 15.9 Å². The summed E-state index contributed by atoms with van der Waals surface area (Å²) in [6.07, 6.45) is 3.82. The quantitative estimate of drug-likeness (QED) is 0.524. The molecule has 2 amide bonds. The number of carbonyl (C=O) groups excluding carboxylic acids is 2. The first-order valence-electron chi connectivity index (χ1n) is 13.8. The van der Waals surface area contributed by atoms with Crippen molar-refractivity contribution in [2.45, 2.75) is 42.2 Å². The Morgan fingerprint density at radius 1 is 1.05 bits per heavy atom. The Bertz CT molecular complexity index is 1480. The van der Waals surface area contributed by atoms with Crippen molar-refractivity contribution in [1.82, 2.24) is 14.8 Å². The summed E-state index contributed by atoms with van der Waals surface area (Å²) < 4.78 is 65.0. The van der Waals surface area contributed by atoms with Gasteiger partial charge in [0, 0.05) is 55.5 Å². The number of sulfonamides is 1. The molecule has 0 bridgehead atoms. The highest BCUT2D eigenvalue weighted by Gasteiger charge is 2.55. The van der Waals surface area contributed by atoms with E-state index in [0.717, 1.165) is 43.5 Å². The van der Waals surface area contributed by atoms with Crippen LogP contribution in [0.5, 0.6) is 5.88 Å². The van der Waals surface area contributed by atoms with E-state index in [0.29, 0.717) is 43.2 Å². The van der Waals surface area contributed by atoms with Crippen molar-refractivity contribution < 1.29 is 36.3 Å². The molecule has 0 unspecified atom stereocenters. The van der Waals surface area contributed by atoms with E-state index < -0.39 is 38.2 Å². The molecule has 4 heterocycles. The fourth-order valence-electron chi connectivity index (χ4n) is 5.93. The smallest absolute Gasteiger partial charge is 0.256 e. The number of benzene rings is 1. The van der Waals surface area contributed by atoms with Crippen molar-refractivity contribution in [2.24, 2.45) is 17.0 Å². The van der Waals surface area contributed by atoms with Crippen LogP contribution >= 0.6 is 0 Å². The summed E-state index contributed by atoms with van der Waals surface area (Å²) in [7, 11) is -4.14. The fraction of sp³-hybridized carbons (Fsp3) is 0.536. The van der Waals surface area contributed by atoms with Crippen LogP contribution in [0.25, 0.3) is 0 Å². The Morgan fingerprint density at radius 2 is 1.73 bits per heavy atom. The van der Waals surface area contributed by atoms with Crippen molar-refractivity contribution in [3.05, 3.63) is 53.0 Å². The maximum Gasteiger partial charge on any atom is 0.256 e. The predicted molar refractivity (Wildman–Crippen MR) is 142 cm³/mol. The lowest BCUT2D eigenvalue weighted by Crippen LogP contribution is -2.40. The van der Waals surface area contributed by atoms with Gasteiger partial charge in [-0.2, -0.15) is 0 Å². The molecule has 1 aliphatic carbocycles. The maximum atomic E-state index is 16.1. The Morgan fingerprint density at radius 3 is 2.34 bits per heavy atom. The zero-order valence-corrected chi connectivity index (χ0v) is 23.2. The normalized spacial score (nSPS) is 24.9. The number of pyridine rings is 1. The number of aromatic nitrogens is 1. The number of alkyl halides is 1. The molecule has 4 aliphatic rings. The molecule has 1 aromatic heterocycles. The van der Waals surface area contributed by atoms with E-state index in [2.05, 4.69) is 4.98 Å². The summed E-state index contributed by atoms with van der Waals surface area (Å²) in [5.74, 6) is -1.72. The second-order valence-electron chi connectivity index (χ2n) is 11.5. The summed E-state index contributed by atoms with van der Waals surface area (Å²) in [4.78, 5) is 33.4. The number of hydrogen-bond donors (Lipinski definition) is 1. The van der Waals surface area contributed by atoms with Gasteiger partial charge in [-0.25, -0.2) is 27.3 Å². The number of primary sulfonamides is 1. The lowest BCUT2D eigenvalue weighted by molar-refractivity contribution is 0.0490. The number of halogens is 2. The van der Waals surface area contributed by atoms with Crippen LogP contribution in [0.3, 0.4) is 0 Å². The van der Waals surface area contributed by atoms with E-state index in [1.165, 1.54) is 9.80 Å². The number of amides is 2. The van der Waals surface area contributed by atoms with E-state index in [-0.39, 0.29) is 43.6 Å². The largest absolute Gasteiger partial charge is 0.477 e. The molecule has 0 spiro atoms. The van der Waals surface area contributed by atoms with Gasteiger partial charge in [-0.1, -0.05) is 0 Å². The second-order valence-corrected chi connectivity index (χ2v) is 13.1. The predicted octanol–water partition coefficient (Wildman–Crippen LogP) is 2.49. The Labute approximate surface area is 236 Å². The second kappa shape index (κ2) is 10.6. The average Bonchev–Trinajstić information content (AvgIpc) is 3.67. The third-order valence-electron chi connectivity index (χ3n) is 8.47. The third-order valence-corrected chi connectivity index (χ3v) is 9.38. The number of nitrogens with two attached hydrogens (primary N) is 1. The van der Waals surface area contributed by atoms with Gasteiger partial charge in [-0.05, 0) is 55.9 Å². The molecule has 2 aromatic rings. The molecule has 0 radical (unpaired) electrons. The SMILES string of the molecule is NS(=O)(=O)c1ccc(C(=O)N2C[C@@H]3CN(C(=O)c4cc(OCC5CCOCC5)nc(C5CC5)c4)C[C@@]3(F)C2)c(F)c1. The van der Waals surface area contributed by atoms with Crippen molar-refractivity contribution in [3.8, 4) is 5.88 Å². The number of hydrogen-bond acceptors (Lipinski definition) is 7. The van der Waals surface area contributed by atoms with E-state index >= 15 is 4.39 Å². The van der Waals surface area contributed by atoms with Crippen LogP contribution in [0.15, 0.2) is 35.2 Å². The maximum absolute atomic E-state index is 16.1. The summed E-state index contributed by atoms with van der Waals surface area (Å²) in [6, 6.07) is 6.15. The fourth-order valence-corrected chi connectivity index (χ4v) is 6.45. The van der Waals surface area contributed by atoms with Crippen molar-refractivity contribution in [2.75, 3.05) is 46.0 Å². The zero-order valence-electron chi connectivity index (χ0n) is 22.4. The van der Waals surface area contributed by atoms with Crippen LogP contribution in [0.1, 0.15) is 58.0 Å². The highest BCUT2D eigenvalue weighted by Crippen LogP contribution is 2.42. The lowest BCUT2D eigenvalue weighted by atomic mass is 9.97. The van der Waals surface area contributed by atoms with Crippen molar-refractivity contribution in [1.29, 1.82) is 0 Å². The van der Waals surface area contributed by atoms with Gasteiger partial charge in [-0.15, -0.1) is 0 Å². The number of fused-ring (bicyclic) bond motifs is 1. The minimum Gasteiger partial charge on any atom is -0.477 e. The third kappa shape index (κ3) is 5.80. The van der Waals surface area contributed by atoms with E-state index in [4.69, 9.17) is 14.6 Å². The number of nitrogens with zero attached hydrogens (tertiary/aromatic N) is 3. The molecule has 1 aromatic carbocycles. The molecule has 220 valence electrons. The molecule has 6 rings (SSSR count). The minimum atomic E-state index is -4.14. The summed E-state index contributed by atoms with van der Waals surface area (Å²) in [5, 5.41) is 5.03. The molecule has 2 atom stereocenters. The number of carbonyl (C=O) groups is 2. The molecular formula is C28H32F2N4O6S. The topological polar surface area (TPSA) is 132 Å². The van der Waals surface area contributed by atoms with Crippen LogP contribution in [0.2, 0.25) is 0 Å². The van der Waals surface area contributed by atoms with Gasteiger partial charge in [0.15, 0.2) is 5.67 Å². The Hall–Kier alpha value is -3.16. The van der Waals surface area contributed by atoms with Crippen molar-refractivity contribution in [3.63, 3.8) is 0 Å². The number of likely N-dealkylation sites (tertiary alicyclic amines) is 2. The minimum absolute atomic E-state index is 0.00136. The van der Waals surface area contributed by atoms with E-state index in [1.807, 2.05) is 0 Å². The average molecular weight is 591 g/mol. The highest BCUT2D eigenvalue weighted by molar-refractivity contribution is 7.89. The summed E-state index contributed by atoms with van der Waals surface area (Å²) in [5.41, 5.74) is -1.01. The van der Waals surface area contributed by atoms with Crippen molar-refractivity contribution >= 4 is 21.8 Å².